The van der Waals surface area contributed by atoms with E-state index in [9.17, 15) is 14.7 Å². The van der Waals surface area contributed by atoms with Crippen LogP contribution in [0, 0.1) is 5.92 Å². The molecule has 1 aliphatic heterocycles. The van der Waals surface area contributed by atoms with Crippen molar-refractivity contribution >= 4 is 11.9 Å². The van der Waals surface area contributed by atoms with E-state index in [2.05, 4.69) is 4.98 Å². The normalized spacial score (nSPS) is 23.7. The van der Waals surface area contributed by atoms with Crippen LogP contribution in [0.1, 0.15) is 37.9 Å². The molecule has 1 aromatic rings. The van der Waals surface area contributed by atoms with E-state index in [-0.39, 0.29) is 5.91 Å². The molecule has 0 aliphatic carbocycles. The molecule has 0 aromatic carbocycles. The Balaban J connectivity index is 2.38. The third kappa shape index (κ3) is 2.47. The number of carboxylic acid groups (broad SMARTS) is 1. The Hall–Kier alpha value is -1.85. The zero-order valence-corrected chi connectivity index (χ0v) is 11.2. The summed E-state index contributed by atoms with van der Waals surface area (Å²) in [7, 11) is 1.67. The quantitative estimate of drug-likeness (QED) is 0.890. The second-order valence-electron chi connectivity index (χ2n) is 4.94. The zero-order valence-electron chi connectivity index (χ0n) is 11.2. The average Bonchev–Trinajstić information content (AvgIpc) is 2.80. The minimum atomic E-state index is -0.853. The van der Waals surface area contributed by atoms with Crippen molar-refractivity contribution < 1.29 is 14.7 Å². The number of hydrogen-bond acceptors (Lipinski definition) is 3. The van der Waals surface area contributed by atoms with Gasteiger partial charge in [0, 0.05) is 20.0 Å². The van der Waals surface area contributed by atoms with Crippen molar-refractivity contribution in [1.29, 1.82) is 0 Å². The predicted molar refractivity (Wildman–Crippen MR) is 68.4 cm³/mol. The molecule has 1 aromatic heterocycles. The molecule has 2 unspecified atom stereocenters. The number of aryl methyl sites for hydroxylation is 1. The van der Waals surface area contributed by atoms with E-state index in [0.29, 0.717) is 12.8 Å². The van der Waals surface area contributed by atoms with Crippen LogP contribution in [0.5, 0.6) is 0 Å². The molecule has 1 amide bonds. The van der Waals surface area contributed by atoms with Gasteiger partial charge in [-0.15, -0.1) is 0 Å². The van der Waals surface area contributed by atoms with Crippen molar-refractivity contribution in [3.63, 3.8) is 0 Å². The summed E-state index contributed by atoms with van der Waals surface area (Å²) in [5.74, 6) is -1.42. The van der Waals surface area contributed by atoms with Crippen molar-refractivity contribution in [3.8, 4) is 0 Å². The lowest BCUT2D eigenvalue weighted by molar-refractivity contribution is -0.151. The van der Waals surface area contributed by atoms with E-state index in [1.165, 1.54) is 0 Å². The van der Waals surface area contributed by atoms with E-state index in [1.807, 2.05) is 11.5 Å². The van der Waals surface area contributed by atoms with Gasteiger partial charge in [-0.25, -0.2) is 4.98 Å². The van der Waals surface area contributed by atoms with Crippen LogP contribution in [0.15, 0.2) is 12.5 Å². The maximum atomic E-state index is 11.8. The fraction of sp³-hybridized carbons (Fsp3) is 0.615. The number of aromatic nitrogens is 2. The number of likely N-dealkylation sites (tertiary alicyclic amines) is 1. The van der Waals surface area contributed by atoms with Gasteiger partial charge in [0.05, 0.1) is 30.2 Å². The summed E-state index contributed by atoms with van der Waals surface area (Å²) in [5.41, 5.74) is 0.810. The van der Waals surface area contributed by atoms with Crippen LogP contribution in [0.25, 0.3) is 0 Å². The third-order valence-corrected chi connectivity index (χ3v) is 3.69. The van der Waals surface area contributed by atoms with Gasteiger partial charge in [-0.2, -0.15) is 0 Å². The van der Waals surface area contributed by atoms with E-state index < -0.39 is 17.9 Å². The number of aliphatic carboxylic acids is 1. The molecule has 1 saturated heterocycles. The highest BCUT2D eigenvalue weighted by Gasteiger charge is 2.40. The van der Waals surface area contributed by atoms with Crippen molar-refractivity contribution in [3.05, 3.63) is 18.2 Å². The Bertz CT molecular complexity index is 483. The summed E-state index contributed by atoms with van der Waals surface area (Å²) in [6.07, 6.45) is 4.99. The molecule has 1 aliphatic rings. The first-order chi connectivity index (χ1) is 9.06. The van der Waals surface area contributed by atoms with Crippen LogP contribution < -0.4 is 0 Å². The first kappa shape index (κ1) is 13.6. The van der Waals surface area contributed by atoms with Gasteiger partial charge in [0.15, 0.2) is 0 Å². The Morgan fingerprint density at radius 1 is 1.58 bits per heavy atom. The van der Waals surface area contributed by atoms with Crippen molar-refractivity contribution in [2.24, 2.45) is 5.92 Å². The summed E-state index contributed by atoms with van der Waals surface area (Å²) < 4.78 is 1.94. The third-order valence-electron chi connectivity index (χ3n) is 3.69. The van der Waals surface area contributed by atoms with Gasteiger partial charge in [-0.05, 0) is 12.8 Å². The van der Waals surface area contributed by atoms with Crippen molar-refractivity contribution in [1.82, 2.24) is 14.5 Å². The van der Waals surface area contributed by atoms with Crippen molar-refractivity contribution in [2.75, 3.05) is 7.05 Å². The summed E-state index contributed by atoms with van der Waals surface area (Å²) in [6.45, 7) is 2.83. The minimum absolute atomic E-state index is 0.00764. The number of carboxylic acids is 1. The number of nitrogens with zero attached hydrogens (tertiary/aromatic N) is 3. The van der Waals surface area contributed by atoms with Gasteiger partial charge in [-0.3, -0.25) is 9.59 Å². The SMILES string of the molecule is CCCn1cncc1C1C(C(=O)O)CCC(=O)N1C. The second kappa shape index (κ2) is 5.42. The summed E-state index contributed by atoms with van der Waals surface area (Å²) in [6, 6.07) is -0.423. The van der Waals surface area contributed by atoms with Gasteiger partial charge in [-0.1, -0.05) is 6.92 Å². The number of amides is 1. The Morgan fingerprint density at radius 3 is 2.95 bits per heavy atom. The molecule has 0 bridgehead atoms. The maximum absolute atomic E-state index is 11.8. The largest absolute Gasteiger partial charge is 0.481 e. The van der Waals surface area contributed by atoms with Gasteiger partial charge in [0.1, 0.15) is 0 Å². The van der Waals surface area contributed by atoms with E-state index in [0.717, 1.165) is 18.7 Å². The van der Waals surface area contributed by atoms with Crippen LogP contribution in [0.4, 0.5) is 0 Å². The molecule has 0 radical (unpaired) electrons. The Labute approximate surface area is 112 Å². The number of rotatable bonds is 4. The highest BCUT2D eigenvalue weighted by molar-refractivity contribution is 5.81. The first-order valence-electron chi connectivity index (χ1n) is 6.54. The molecule has 1 fully saturated rings. The molecule has 0 saturated carbocycles. The number of imidazole rings is 1. The monoisotopic (exact) mass is 265 g/mol. The first-order valence-corrected chi connectivity index (χ1v) is 6.54. The molecule has 2 atom stereocenters. The summed E-state index contributed by atoms with van der Waals surface area (Å²) in [4.78, 5) is 28.9. The number of piperidine rings is 1. The zero-order chi connectivity index (χ0) is 14.0. The number of carbonyl (C=O) groups is 2. The predicted octanol–water partition coefficient (Wildman–Crippen LogP) is 1.29. The lowest BCUT2D eigenvalue weighted by Gasteiger charge is -2.37. The Kier molecular flexibility index (Phi) is 3.87. The molecular weight excluding hydrogens is 246 g/mol. The number of hydrogen-bond donors (Lipinski definition) is 1. The molecule has 2 rings (SSSR count). The van der Waals surface area contributed by atoms with Crippen LogP contribution in [-0.2, 0) is 16.1 Å². The molecule has 1 N–H and O–H groups in total. The Morgan fingerprint density at radius 2 is 2.32 bits per heavy atom. The lowest BCUT2D eigenvalue weighted by atomic mass is 9.87. The molecular formula is C13H19N3O3. The van der Waals surface area contributed by atoms with Crippen molar-refractivity contribution in [2.45, 2.75) is 38.8 Å². The molecule has 19 heavy (non-hydrogen) atoms. The second-order valence-corrected chi connectivity index (χ2v) is 4.94. The highest BCUT2D eigenvalue weighted by atomic mass is 16.4. The minimum Gasteiger partial charge on any atom is -0.481 e. The van der Waals surface area contributed by atoms with Crippen LogP contribution in [0.2, 0.25) is 0 Å². The molecule has 6 nitrogen and oxygen atoms in total. The molecule has 6 heteroatoms. The van der Waals surface area contributed by atoms with E-state index in [4.69, 9.17) is 0 Å². The van der Waals surface area contributed by atoms with Crippen LogP contribution in [-0.4, -0.2) is 38.5 Å². The lowest BCUT2D eigenvalue weighted by Crippen LogP contribution is -2.43. The van der Waals surface area contributed by atoms with Crippen LogP contribution >= 0.6 is 0 Å². The summed E-state index contributed by atoms with van der Waals surface area (Å²) >= 11 is 0. The number of carbonyl (C=O) groups excluding carboxylic acids is 1. The highest BCUT2D eigenvalue weighted by Crippen LogP contribution is 2.35. The standard InChI is InChI=1S/C13H19N3O3/c1-3-6-16-8-14-7-10(16)12-9(13(18)19)4-5-11(17)15(12)2/h7-9,12H,3-6H2,1-2H3,(H,18,19). The smallest absolute Gasteiger partial charge is 0.309 e. The molecule has 2 heterocycles. The van der Waals surface area contributed by atoms with Gasteiger partial charge in [0.25, 0.3) is 0 Å². The van der Waals surface area contributed by atoms with Gasteiger partial charge >= 0.3 is 5.97 Å². The fourth-order valence-electron chi connectivity index (χ4n) is 2.71. The van der Waals surface area contributed by atoms with Gasteiger partial charge < -0.3 is 14.6 Å². The molecule has 0 spiro atoms. The summed E-state index contributed by atoms with van der Waals surface area (Å²) in [5, 5.41) is 9.36. The van der Waals surface area contributed by atoms with Crippen LogP contribution in [0.3, 0.4) is 0 Å². The fourth-order valence-corrected chi connectivity index (χ4v) is 2.71. The topological polar surface area (TPSA) is 75.4 Å². The van der Waals surface area contributed by atoms with E-state index in [1.54, 1.807) is 24.5 Å². The van der Waals surface area contributed by atoms with E-state index >= 15 is 0 Å². The van der Waals surface area contributed by atoms with Gasteiger partial charge in [0.2, 0.25) is 5.91 Å². The maximum Gasteiger partial charge on any atom is 0.309 e. The average molecular weight is 265 g/mol. The molecule has 104 valence electrons.